The maximum atomic E-state index is 14.5. The molecular formula is C37H49N7O7. The summed E-state index contributed by atoms with van der Waals surface area (Å²) in [5.41, 5.74) is 2.75. The van der Waals surface area contributed by atoms with Gasteiger partial charge in [-0.2, -0.15) is 0 Å². The molecule has 274 valence electrons. The van der Waals surface area contributed by atoms with Crippen LogP contribution in [0.2, 0.25) is 0 Å². The van der Waals surface area contributed by atoms with Gasteiger partial charge in [0.15, 0.2) is 0 Å². The number of Topliss-reactive ketones (excluding diaryl/α,β-unsaturated/α-hetero) is 1. The molecule has 2 aliphatic heterocycles. The zero-order valence-corrected chi connectivity index (χ0v) is 29.8. The molecule has 14 nitrogen and oxygen atoms in total. The maximum absolute atomic E-state index is 14.5. The number of likely N-dealkylation sites (tertiary alicyclic amines) is 1. The molecule has 4 aliphatic rings. The van der Waals surface area contributed by atoms with Gasteiger partial charge < -0.3 is 25.6 Å². The molecule has 0 radical (unpaired) electrons. The van der Waals surface area contributed by atoms with Gasteiger partial charge in [0.2, 0.25) is 17.6 Å². The van der Waals surface area contributed by atoms with Gasteiger partial charge in [0.25, 0.3) is 5.91 Å². The van der Waals surface area contributed by atoms with Crippen LogP contribution >= 0.6 is 0 Å². The van der Waals surface area contributed by atoms with Crippen LogP contribution in [0, 0.1) is 5.41 Å². The molecule has 1 aromatic heterocycles. The van der Waals surface area contributed by atoms with Crippen molar-refractivity contribution in [3.05, 3.63) is 48.9 Å². The third kappa shape index (κ3) is 8.43. The molecule has 4 atom stereocenters. The second kappa shape index (κ2) is 14.9. The Labute approximate surface area is 298 Å². The second-order valence-electron chi connectivity index (χ2n) is 15.2. The van der Waals surface area contributed by atoms with E-state index in [1.54, 1.807) is 10.9 Å². The number of alkyl carbamates (subject to hydrolysis) is 1. The first-order chi connectivity index (χ1) is 24.4. The van der Waals surface area contributed by atoms with Crippen LogP contribution in [-0.2, 0) is 28.8 Å². The number of hydroxylamine groups is 1. The van der Waals surface area contributed by atoms with E-state index in [-0.39, 0.29) is 31.5 Å². The first kappa shape index (κ1) is 36.1. The minimum absolute atomic E-state index is 0.0170. The van der Waals surface area contributed by atoms with Crippen molar-refractivity contribution in [2.45, 2.75) is 121 Å². The predicted octanol–water partition coefficient (Wildman–Crippen LogP) is 3.44. The zero-order chi connectivity index (χ0) is 36.3. The largest absolute Gasteiger partial charge is 0.446 e. The monoisotopic (exact) mass is 703 g/mol. The number of amides is 4. The summed E-state index contributed by atoms with van der Waals surface area (Å²) in [5.74, 6) is -1.98. The molecule has 0 unspecified atom stereocenters. The Morgan fingerprint density at radius 2 is 1.78 bits per heavy atom. The molecule has 6 rings (SSSR count). The molecule has 0 bridgehead atoms. The number of hydrogen-bond acceptors (Lipinski definition) is 9. The Bertz CT molecular complexity index is 1660. The third-order valence-electron chi connectivity index (χ3n) is 9.93. The van der Waals surface area contributed by atoms with Crippen LogP contribution in [0.15, 0.2) is 48.9 Å². The number of nitrogens with one attached hydrogen (secondary N) is 4. The molecule has 3 heterocycles. The van der Waals surface area contributed by atoms with Gasteiger partial charge in [0.1, 0.15) is 35.9 Å². The summed E-state index contributed by atoms with van der Waals surface area (Å²) >= 11 is 0. The molecule has 4 N–H and O–H groups in total. The summed E-state index contributed by atoms with van der Waals surface area (Å²) in [4.78, 5) is 79.8. The van der Waals surface area contributed by atoms with E-state index in [1.807, 2.05) is 70.3 Å². The van der Waals surface area contributed by atoms with E-state index in [9.17, 15) is 24.0 Å². The minimum Gasteiger partial charge on any atom is -0.446 e. The molecule has 1 spiro atoms. The number of carbonyl (C=O) groups is 5. The lowest BCUT2D eigenvalue weighted by atomic mass is 9.85. The smallest absolute Gasteiger partial charge is 0.408 e. The maximum Gasteiger partial charge on any atom is 0.408 e. The normalized spacial score (nSPS) is 22.9. The lowest BCUT2D eigenvalue weighted by Gasteiger charge is -2.35. The Morgan fingerprint density at radius 3 is 2.45 bits per heavy atom. The fourth-order valence-electron chi connectivity index (χ4n) is 6.94. The van der Waals surface area contributed by atoms with Gasteiger partial charge in [0.05, 0.1) is 18.3 Å². The highest BCUT2D eigenvalue weighted by Crippen LogP contribution is 2.38. The summed E-state index contributed by atoms with van der Waals surface area (Å²) in [6, 6.07) is 6.49. The number of ketones is 1. The molecule has 4 amide bonds. The van der Waals surface area contributed by atoms with Crippen molar-refractivity contribution in [3.63, 3.8) is 0 Å². The van der Waals surface area contributed by atoms with Crippen molar-refractivity contribution >= 4 is 35.4 Å². The van der Waals surface area contributed by atoms with Crippen LogP contribution in [0.25, 0.3) is 17.1 Å². The lowest BCUT2D eigenvalue weighted by Crippen LogP contribution is -2.59. The number of imidazole rings is 1. The minimum atomic E-state index is -1.13. The first-order valence-electron chi connectivity index (χ1n) is 18.0. The van der Waals surface area contributed by atoms with Crippen molar-refractivity contribution < 1.29 is 33.5 Å². The topological polar surface area (TPSA) is 173 Å². The Kier molecular flexibility index (Phi) is 10.5. The van der Waals surface area contributed by atoms with Crippen molar-refractivity contribution in [1.29, 1.82) is 0 Å². The van der Waals surface area contributed by atoms with Gasteiger partial charge in [-0.3, -0.25) is 28.6 Å². The predicted molar refractivity (Wildman–Crippen MR) is 187 cm³/mol. The molecule has 1 aromatic carbocycles. The van der Waals surface area contributed by atoms with Gasteiger partial charge in [-0.05, 0) is 56.4 Å². The summed E-state index contributed by atoms with van der Waals surface area (Å²) in [5, 5.41) is 8.29. The number of hydrogen-bond donors (Lipinski definition) is 4. The summed E-state index contributed by atoms with van der Waals surface area (Å²) in [7, 11) is 0. The average molecular weight is 704 g/mol. The Morgan fingerprint density at radius 1 is 1.06 bits per heavy atom. The quantitative estimate of drug-likeness (QED) is 0.242. The molecule has 2 aromatic rings. The van der Waals surface area contributed by atoms with Crippen LogP contribution in [0.3, 0.4) is 0 Å². The fourth-order valence-corrected chi connectivity index (χ4v) is 6.94. The van der Waals surface area contributed by atoms with Crippen molar-refractivity contribution in [2.75, 3.05) is 6.54 Å². The second-order valence-corrected chi connectivity index (χ2v) is 15.2. The van der Waals surface area contributed by atoms with Gasteiger partial charge in [-0.1, -0.05) is 64.4 Å². The Balaban J connectivity index is 1.26. The van der Waals surface area contributed by atoms with Crippen molar-refractivity contribution in [1.82, 2.24) is 35.9 Å². The molecular weight excluding hydrogens is 654 g/mol. The summed E-state index contributed by atoms with van der Waals surface area (Å²) in [6.07, 6.45) is 10.4. The lowest BCUT2D eigenvalue weighted by molar-refractivity contribution is -0.144. The van der Waals surface area contributed by atoms with Gasteiger partial charge in [-0.25, -0.2) is 15.3 Å². The third-order valence-corrected chi connectivity index (χ3v) is 9.93. The van der Waals surface area contributed by atoms with E-state index >= 15 is 0 Å². The molecule has 14 heteroatoms. The summed E-state index contributed by atoms with van der Waals surface area (Å²) in [6.45, 7) is 7.32. The number of aromatic nitrogens is 2. The SMILES string of the molecule is CCC[C@H](NC(=O)[C@@H]1C[C@]2(C=C(n3cnc(-c4ccccc4)c3)NO2)CN1C(=O)[C@@H](NC(=O)OC1CCCC1)C(C)(C)C)C(=O)C(=O)NC1CC1. The van der Waals surface area contributed by atoms with Crippen molar-refractivity contribution in [3.8, 4) is 11.3 Å². The van der Waals surface area contributed by atoms with E-state index in [2.05, 4.69) is 26.4 Å². The van der Waals surface area contributed by atoms with E-state index in [0.29, 0.717) is 12.2 Å². The van der Waals surface area contributed by atoms with E-state index in [0.717, 1.165) is 49.8 Å². The average Bonchev–Trinajstić information content (AvgIpc) is 3.53. The van der Waals surface area contributed by atoms with Crippen LogP contribution in [0.1, 0.15) is 85.5 Å². The zero-order valence-electron chi connectivity index (χ0n) is 29.8. The molecule has 1 saturated heterocycles. The number of carbonyl (C=O) groups excluding carboxylic acids is 5. The van der Waals surface area contributed by atoms with Crippen LogP contribution < -0.4 is 21.4 Å². The van der Waals surface area contributed by atoms with Gasteiger partial charge in [0, 0.05) is 24.2 Å². The Hall–Kier alpha value is -4.72. The highest BCUT2D eigenvalue weighted by molar-refractivity contribution is 6.38. The van der Waals surface area contributed by atoms with Crippen LogP contribution in [-0.4, -0.2) is 86.5 Å². The first-order valence-corrected chi connectivity index (χ1v) is 18.0. The molecule has 2 aliphatic carbocycles. The number of ether oxygens (including phenoxy) is 1. The van der Waals surface area contributed by atoms with E-state index < -0.39 is 58.7 Å². The number of benzene rings is 1. The molecule has 51 heavy (non-hydrogen) atoms. The van der Waals surface area contributed by atoms with Crippen molar-refractivity contribution in [2.24, 2.45) is 5.41 Å². The molecule has 3 fully saturated rings. The van der Waals surface area contributed by atoms with Crippen LogP contribution in [0.5, 0.6) is 0 Å². The fraction of sp³-hybridized carbons (Fsp3) is 0.568. The standard InChI is InChI=1S/C37H49N7O7/c1-5-11-26(30(45)33(47)39-24-16-17-24)40-32(46)28-18-37(19-29(42-51-37)43-20-27(38-22-43)23-12-7-6-8-13-23)21-44(28)34(48)31(36(2,3)4)41-35(49)50-25-14-9-10-15-25/h6-8,12-13,19-20,22,24-26,28,31,42H,5,9-11,14-18,21H2,1-4H3,(H,39,47)(H,40,46)(H,41,49)/t26-,28-,31+,37-/m0/s1. The highest BCUT2D eigenvalue weighted by atomic mass is 16.7. The van der Waals surface area contributed by atoms with Crippen LogP contribution in [0.4, 0.5) is 4.79 Å². The van der Waals surface area contributed by atoms with Gasteiger partial charge >= 0.3 is 6.09 Å². The van der Waals surface area contributed by atoms with E-state index in [4.69, 9.17) is 9.57 Å². The van der Waals surface area contributed by atoms with Gasteiger partial charge in [-0.15, -0.1) is 0 Å². The number of nitrogens with zero attached hydrogens (tertiary/aromatic N) is 3. The summed E-state index contributed by atoms with van der Waals surface area (Å²) < 4.78 is 7.41. The van der Waals surface area contributed by atoms with E-state index in [1.165, 1.54) is 4.90 Å². The highest BCUT2D eigenvalue weighted by Gasteiger charge is 2.54. The number of rotatable bonds is 12. The molecule has 2 saturated carbocycles.